The van der Waals surface area contributed by atoms with E-state index < -0.39 is 0 Å². The number of H-pyrrole nitrogens is 1. The number of amides is 1. The molecule has 1 fully saturated rings. The summed E-state index contributed by atoms with van der Waals surface area (Å²) in [6, 6.07) is 4.85. The van der Waals surface area contributed by atoms with E-state index in [4.69, 9.17) is 4.74 Å². The second kappa shape index (κ2) is 6.82. The number of carbonyl (C=O) groups excluding carboxylic acids is 1. The number of carbonyl (C=O) groups is 1. The van der Waals surface area contributed by atoms with Crippen molar-refractivity contribution in [2.24, 2.45) is 0 Å². The first-order valence-electron chi connectivity index (χ1n) is 7.94. The van der Waals surface area contributed by atoms with Crippen LogP contribution >= 0.6 is 0 Å². The standard InChI is InChI=1S/C17H20N4O3/c1-11-19-14(9-15(22)20-11)13-4-3-7-21(10-13)17(23)12-5-6-18-16(8-12)24-2/h5-6,8-9,13H,3-4,7,10H2,1-2H3,(H,19,20,22)/t13-/m1/s1. The lowest BCUT2D eigenvalue weighted by Crippen LogP contribution is -2.39. The summed E-state index contributed by atoms with van der Waals surface area (Å²) in [5.74, 6) is 1.04. The number of hydrogen-bond donors (Lipinski definition) is 1. The van der Waals surface area contributed by atoms with Crippen LogP contribution < -0.4 is 10.3 Å². The van der Waals surface area contributed by atoms with Crippen molar-refractivity contribution in [3.05, 3.63) is 51.8 Å². The first-order valence-corrected chi connectivity index (χ1v) is 7.94. The van der Waals surface area contributed by atoms with Crippen LogP contribution in [0.25, 0.3) is 0 Å². The fraction of sp³-hybridized carbons (Fsp3) is 0.412. The Kier molecular flexibility index (Phi) is 4.59. The van der Waals surface area contributed by atoms with Gasteiger partial charge >= 0.3 is 0 Å². The van der Waals surface area contributed by atoms with E-state index >= 15 is 0 Å². The number of rotatable bonds is 3. The number of nitrogens with zero attached hydrogens (tertiary/aromatic N) is 3. The predicted octanol–water partition coefficient (Wildman–Crippen LogP) is 1.50. The Hall–Kier alpha value is -2.70. The van der Waals surface area contributed by atoms with Crippen molar-refractivity contribution in [1.29, 1.82) is 0 Å². The van der Waals surface area contributed by atoms with Crippen molar-refractivity contribution in [1.82, 2.24) is 19.9 Å². The third-order valence-corrected chi connectivity index (χ3v) is 4.20. The van der Waals surface area contributed by atoms with E-state index in [0.717, 1.165) is 18.5 Å². The van der Waals surface area contributed by atoms with Crippen LogP contribution in [0.15, 0.2) is 29.2 Å². The molecule has 0 saturated carbocycles. The lowest BCUT2D eigenvalue weighted by Gasteiger charge is -2.32. The highest BCUT2D eigenvalue weighted by atomic mass is 16.5. The molecule has 1 atom stereocenters. The van der Waals surface area contributed by atoms with Gasteiger partial charge in [0.1, 0.15) is 5.82 Å². The molecule has 1 saturated heterocycles. The highest BCUT2D eigenvalue weighted by Gasteiger charge is 2.27. The van der Waals surface area contributed by atoms with Crippen LogP contribution in [0, 0.1) is 6.92 Å². The number of piperidine rings is 1. The Morgan fingerprint density at radius 3 is 3.00 bits per heavy atom. The molecular formula is C17H20N4O3. The molecule has 0 radical (unpaired) electrons. The third kappa shape index (κ3) is 3.45. The van der Waals surface area contributed by atoms with Crippen molar-refractivity contribution in [2.45, 2.75) is 25.7 Å². The molecule has 0 bridgehead atoms. The van der Waals surface area contributed by atoms with E-state index in [2.05, 4.69) is 15.0 Å². The second-order valence-corrected chi connectivity index (χ2v) is 5.93. The topological polar surface area (TPSA) is 88.2 Å². The molecule has 2 aromatic heterocycles. The molecule has 0 aliphatic carbocycles. The minimum Gasteiger partial charge on any atom is -0.481 e. The SMILES string of the molecule is COc1cc(C(=O)N2CCC[C@@H](c3cc(=O)[nH]c(C)n3)C2)ccn1. The summed E-state index contributed by atoms with van der Waals surface area (Å²) in [6.45, 7) is 3.02. The molecule has 3 heterocycles. The molecule has 126 valence electrons. The van der Waals surface area contributed by atoms with Crippen molar-refractivity contribution >= 4 is 5.91 Å². The quantitative estimate of drug-likeness (QED) is 0.922. The number of aromatic amines is 1. The zero-order valence-corrected chi connectivity index (χ0v) is 13.8. The maximum absolute atomic E-state index is 12.7. The number of hydrogen-bond acceptors (Lipinski definition) is 5. The monoisotopic (exact) mass is 328 g/mol. The fourth-order valence-electron chi connectivity index (χ4n) is 3.05. The number of methoxy groups -OCH3 is 1. The second-order valence-electron chi connectivity index (χ2n) is 5.93. The van der Waals surface area contributed by atoms with Crippen LogP contribution in [0.4, 0.5) is 0 Å². The summed E-state index contributed by atoms with van der Waals surface area (Å²) in [4.78, 5) is 37.3. The molecule has 2 aromatic rings. The van der Waals surface area contributed by atoms with Gasteiger partial charge in [-0.15, -0.1) is 0 Å². The van der Waals surface area contributed by atoms with Crippen LogP contribution in [0.5, 0.6) is 5.88 Å². The van der Waals surface area contributed by atoms with Gasteiger partial charge in [0, 0.05) is 42.9 Å². The van der Waals surface area contributed by atoms with E-state index in [9.17, 15) is 9.59 Å². The van der Waals surface area contributed by atoms with Crippen molar-refractivity contribution in [3.63, 3.8) is 0 Å². The Labute approximate surface area is 139 Å². The maximum atomic E-state index is 12.7. The first-order chi connectivity index (χ1) is 11.6. The van der Waals surface area contributed by atoms with Crippen molar-refractivity contribution < 1.29 is 9.53 Å². The van der Waals surface area contributed by atoms with Gasteiger partial charge in [-0.05, 0) is 25.8 Å². The molecule has 1 amide bonds. The molecule has 0 spiro atoms. The Bertz CT molecular complexity index is 802. The number of nitrogens with one attached hydrogen (secondary N) is 1. The Morgan fingerprint density at radius 2 is 2.25 bits per heavy atom. The van der Waals surface area contributed by atoms with Gasteiger partial charge in [0.15, 0.2) is 0 Å². The fourth-order valence-corrected chi connectivity index (χ4v) is 3.05. The van der Waals surface area contributed by atoms with Crippen molar-refractivity contribution in [2.75, 3.05) is 20.2 Å². The number of ether oxygens (including phenoxy) is 1. The number of pyridine rings is 1. The van der Waals surface area contributed by atoms with E-state index in [-0.39, 0.29) is 17.4 Å². The van der Waals surface area contributed by atoms with Gasteiger partial charge in [-0.3, -0.25) is 9.59 Å². The Balaban J connectivity index is 1.79. The molecular weight excluding hydrogens is 308 g/mol. The highest BCUT2D eigenvalue weighted by molar-refractivity contribution is 5.94. The summed E-state index contributed by atoms with van der Waals surface area (Å²) in [5.41, 5.74) is 1.15. The molecule has 1 aliphatic rings. The average Bonchev–Trinajstić information content (AvgIpc) is 2.60. The van der Waals surface area contributed by atoms with Crippen LogP contribution in [-0.2, 0) is 0 Å². The zero-order chi connectivity index (χ0) is 17.1. The van der Waals surface area contributed by atoms with Crippen molar-refractivity contribution in [3.8, 4) is 5.88 Å². The lowest BCUT2D eigenvalue weighted by atomic mass is 9.94. The van der Waals surface area contributed by atoms with Gasteiger partial charge in [0.05, 0.1) is 12.8 Å². The van der Waals surface area contributed by atoms with Crippen LogP contribution in [0.1, 0.15) is 40.6 Å². The van der Waals surface area contributed by atoms with Crippen LogP contribution in [0.3, 0.4) is 0 Å². The van der Waals surface area contributed by atoms with Crippen LogP contribution in [-0.4, -0.2) is 46.0 Å². The highest BCUT2D eigenvalue weighted by Crippen LogP contribution is 2.26. The van der Waals surface area contributed by atoms with E-state index in [1.54, 1.807) is 30.2 Å². The van der Waals surface area contributed by atoms with E-state index in [0.29, 0.717) is 30.4 Å². The van der Waals surface area contributed by atoms with E-state index in [1.165, 1.54) is 13.2 Å². The number of likely N-dealkylation sites (tertiary alicyclic amines) is 1. The largest absolute Gasteiger partial charge is 0.481 e. The summed E-state index contributed by atoms with van der Waals surface area (Å²) in [5, 5.41) is 0. The van der Waals surface area contributed by atoms with Gasteiger partial charge in [0.25, 0.3) is 11.5 Å². The van der Waals surface area contributed by atoms with E-state index in [1.807, 2.05) is 0 Å². The molecule has 3 rings (SSSR count). The smallest absolute Gasteiger partial charge is 0.254 e. The maximum Gasteiger partial charge on any atom is 0.254 e. The predicted molar refractivity (Wildman–Crippen MR) is 88.3 cm³/mol. The minimum atomic E-state index is -0.153. The molecule has 1 N–H and O–H groups in total. The third-order valence-electron chi connectivity index (χ3n) is 4.20. The molecule has 7 heteroatoms. The van der Waals surface area contributed by atoms with Crippen LogP contribution in [0.2, 0.25) is 0 Å². The minimum absolute atomic E-state index is 0.0537. The number of aryl methyl sites for hydroxylation is 1. The first kappa shape index (κ1) is 16.2. The normalized spacial score (nSPS) is 17.6. The average molecular weight is 328 g/mol. The summed E-state index contributed by atoms with van der Waals surface area (Å²) >= 11 is 0. The summed E-state index contributed by atoms with van der Waals surface area (Å²) in [7, 11) is 1.52. The van der Waals surface area contributed by atoms with Gasteiger partial charge in [-0.2, -0.15) is 0 Å². The van der Waals surface area contributed by atoms with Gasteiger partial charge in [0.2, 0.25) is 5.88 Å². The zero-order valence-electron chi connectivity index (χ0n) is 13.8. The van der Waals surface area contributed by atoms with Gasteiger partial charge in [-0.1, -0.05) is 0 Å². The molecule has 7 nitrogen and oxygen atoms in total. The Morgan fingerprint density at radius 1 is 1.42 bits per heavy atom. The summed E-state index contributed by atoms with van der Waals surface area (Å²) in [6.07, 6.45) is 3.36. The lowest BCUT2D eigenvalue weighted by molar-refractivity contribution is 0.0705. The molecule has 1 aliphatic heterocycles. The number of aromatic nitrogens is 3. The molecule has 0 unspecified atom stereocenters. The summed E-state index contributed by atoms with van der Waals surface area (Å²) < 4.78 is 5.08. The molecule has 24 heavy (non-hydrogen) atoms. The van der Waals surface area contributed by atoms with Gasteiger partial charge in [-0.25, -0.2) is 9.97 Å². The molecule has 0 aromatic carbocycles. The van der Waals surface area contributed by atoms with Gasteiger partial charge < -0.3 is 14.6 Å².